The van der Waals surface area contributed by atoms with Gasteiger partial charge < -0.3 is 20.9 Å². The molecule has 90 valence electrons. The Morgan fingerprint density at radius 2 is 2.12 bits per heavy atom. The number of nitrogen functional groups attached to an aromatic ring is 1. The second-order valence-corrected chi connectivity index (χ2v) is 4.13. The van der Waals surface area contributed by atoms with Crippen molar-refractivity contribution in [3.05, 3.63) is 23.9 Å². The zero-order chi connectivity index (χ0) is 12.6. The average Bonchev–Trinajstić information content (AvgIpc) is 2.68. The predicted molar refractivity (Wildman–Crippen MR) is 70.4 cm³/mol. The third-order valence-electron chi connectivity index (χ3n) is 2.79. The second-order valence-electron chi connectivity index (χ2n) is 4.13. The molecule has 0 unspecified atom stereocenters. The van der Waals surface area contributed by atoms with E-state index in [-0.39, 0.29) is 5.91 Å². The van der Waals surface area contributed by atoms with E-state index in [1.807, 2.05) is 37.3 Å². The molecule has 0 radical (unpaired) electrons. The van der Waals surface area contributed by atoms with Crippen molar-refractivity contribution in [2.75, 3.05) is 31.8 Å². The lowest BCUT2D eigenvalue weighted by atomic mass is 10.1. The van der Waals surface area contributed by atoms with Gasteiger partial charge in [-0.25, -0.2) is 0 Å². The van der Waals surface area contributed by atoms with Crippen LogP contribution < -0.4 is 16.0 Å². The molecule has 0 saturated heterocycles. The lowest BCUT2D eigenvalue weighted by molar-refractivity contribution is 0.0964. The topological polar surface area (TPSA) is 74.1 Å². The number of nitrogens with two attached hydrogens (primary N) is 1. The Morgan fingerprint density at radius 1 is 1.41 bits per heavy atom. The summed E-state index contributed by atoms with van der Waals surface area (Å²) in [6.07, 6.45) is 1.84. The molecule has 5 heteroatoms. The van der Waals surface area contributed by atoms with Crippen molar-refractivity contribution in [2.45, 2.75) is 0 Å². The van der Waals surface area contributed by atoms with E-state index >= 15 is 0 Å². The monoisotopic (exact) mass is 232 g/mol. The number of carbonyl (C=O) groups is 1. The summed E-state index contributed by atoms with van der Waals surface area (Å²) in [7, 11) is 5.43. The Bertz CT molecular complexity index is 571. The molecule has 4 N–H and O–H groups in total. The van der Waals surface area contributed by atoms with Gasteiger partial charge in [0.15, 0.2) is 0 Å². The van der Waals surface area contributed by atoms with Gasteiger partial charge in [0.05, 0.1) is 5.56 Å². The molecule has 17 heavy (non-hydrogen) atoms. The van der Waals surface area contributed by atoms with Crippen molar-refractivity contribution in [1.82, 2.24) is 10.3 Å². The van der Waals surface area contributed by atoms with Gasteiger partial charge in [0.25, 0.3) is 5.91 Å². The van der Waals surface area contributed by atoms with Gasteiger partial charge in [0.1, 0.15) is 5.82 Å². The average molecular weight is 232 g/mol. The summed E-state index contributed by atoms with van der Waals surface area (Å²) in [5.74, 6) is 0.464. The number of hydrogen-bond donors (Lipinski definition) is 3. The quantitative estimate of drug-likeness (QED) is 0.727. The first-order chi connectivity index (χ1) is 8.04. The third kappa shape index (κ3) is 1.80. The summed E-state index contributed by atoms with van der Waals surface area (Å²) in [4.78, 5) is 16.7. The minimum atomic E-state index is -0.115. The van der Waals surface area contributed by atoms with Crippen LogP contribution in [0.1, 0.15) is 10.4 Å². The Morgan fingerprint density at radius 3 is 2.71 bits per heavy atom. The van der Waals surface area contributed by atoms with Crippen LogP contribution in [0.3, 0.4) is 0 Å². The highest BCUT2D eigenvalue weighted by atomic mass is 16.1. The maximum Gasteiger partial charge on any atom is 0.253 e. The van der Waals surface area contributed by atoms with Gasteiger partial charge in [0, 0.05) is 43.8 Å². The van der Waals surface area contributed by atoms with E-state index in [2.05, 4.69) is 10.3 Å². The molecule has 2 aromatic rings. The number of H-pyrrole nitrogens is 1. The summed E-state index contributed by atoms with van der Waals surface area (Å²) >= 11 is 0. The first-order valence-corrected chi connectivity index (χ1v) is 5.34. The van der Waals surface area contributed by atoms with Crippen molar-refractivity contribution in [1.29, 1.82) is 0 Å². The van der Waals surface area contributed by atoms with Crippen molar-refractivity contribution >= 4 is 28.2 Å². The predicted octanol–water partition coefficient (Wildman–Crippen LogP) is 1.18. The Hall–Kier alpha value is -2.17. The molecular formula is C12H16N4O. The van der Waals surface area contributed by atoms with E-state index in [1.165, 1.54) is 0 Å². The summed E-state index contributed by atoms with van der Waals surface area (Å²) in [6.45, 7) is 0. The Kier molecular flexibility index (Phi) is 2.67. The zero-order valence-electron chi connectivity index (χ0n) is 10.2. The van der Waals surface area contributed by atoms with E-state index in [4.69, 9.17) is 5.73 Å². The number of carbonyl (C=O) groups excluding carboxylic acids is 1. The van der Waals surface area contributed by atoms with E-state index in [9.17, 15) is 4.79 Å². The molecule has 0 atom stereocenters. The lowest BCUT2D eigenvalue weighted by Gasteiger charge is -2.17. The van der Waals surface area contributed by atoms with Crippen LogP contribution in [0.25, 0.3) is 10.8 Å². The largest absolute Gasteiger partial charge is 0.385 e. The summed E-state index contributed by atoms with van der Waals surface area (Å²) in [5, 5.41) is 4.50. The molecule has 1 aromatic carbocycles. The minimum Gasteiger partial charge on any atom is -0.385 e. The van der Waals surface area contributed by atoms with Crippen LogP contribution in [-0.4, -0.2) is 32.0 Å². The van der Waals surface area contributed by atoms with Gasteiger partial charge in [-0.1, -0.05) is 0 Å². The Balaban J connectivity index is 2.72. The highest BCUT2D eigenvalue weighted by molar-refractivity contribution is 6.06. The SMILES string of the molecule is CNC(=O)c1cc2c(N)[nH]cc2cc1N(C)C. The highest BCUT2D eigenvalue weighted by Gasteiger charge is 2.14. The first-order valence-electron chi connectivity index (χ1n) is 5.34. The molecule has 5 nitrogen and oxygen atoms in total. The molecule has 0 aliphatic heterocycles. The maximum atomic E-state index is 11.8. The summed E-state index contributed by atoms with van der Waals surface area (Å²) < 4.78 is 0. The molecule has 2 rings (SSSR count). The fourth-order valence-electron chi connectivity index (χ4n) is 1.88. The van der Waals surface area contributed by atoms with Crippen LogP contribution in [0.4, 0.5) is 11.5 Å². The molecule has 0 spiro atoms. The third-order valence-corrected chi connectivity index (χ3v) is 2.79. The van der Waals surface area contributed by atoms with Crippen molar-refractivity contribution < 1.29 is 4.79 Å². The van der Waals surface area contributed by atoms with Gasteiger partial charge in [-0.15, -0.1) is 0 Å². The first kappa shape index (κ1) is 11.3. The second kappa shape index (κ2) is 4.01. The molecule has 0 aliphatic carbocycles. The van der Waals surface area contributed by atoms with E-state index < -0.39 is 0 Å². The van der Waals surface area contributed by atoms with Gasteiger partial charge >= 0.3 is 0 Å². The van der Waals surface area contributed by atoms with Crippen LogP contribution in [-0.2, 0) is 0 Å². The smallest absolute Gasteiger partial charge is 0.253 e. The number of nitrogens with zero attached hydrogens (tertiary/aromatic N) is 1. The van der Waals surface area contributed by atoms with Crippen molar-refractivity contribution in [3.63, 3.8) is 0 Å². The van der Waals surface area contributed by atoms with Gasteiger partial charge in [-0.2, -0.15) is 0 Å². The van der Waals surface area contributed by atoms with Gasteiger partial charge in [0.2, 0.25) is 0 Å². The van der Waals surface area contributed by atoms with E-state index in [1.54, 1.807) is 7.05 Å². The maximum absolute atomic E-state index is 11.8. The summed E-state index contributed by atoms with van der Waals surface area (Å²) in [6, 6.07) is 3.77. The number of fused-ring (bicyclic) bond motifs is 1. The number of hydrogen-bond acceptors (Lipinski definition) is 3. The normalized spacial score (nSPS) is 10.5. The molecule has 1 heterocycles. The number of rotatable bonds is 2. The lowest BCUT2D eigenvalue weighted by Crippen LogP contribution is -2.22. The van der Waals surface area contributed by atoms with Crippen LogP contribution in [0.15, 0.2) is 18.3 Å². The molecular weight excluding hydrogens is 216 g/mol. The van der Waals surface area contributed by atoms with E-state index in [0.29, 0.717) is 11.4 Å². The van der Waals surface area contributed by atoms with Crippen molar-refractivity contribution in [2.24, 2.45) is 0 Å². The van der Waals surface area contributed by atoms with Crippen molar-refractivity contribution in [3.8, 4) is 0 Å². The number of amides is 1. The number of aromatic nitrogens is 1. The Labute approximate surface area is 99.6 Å². The molecule has 0 saturated carbocycles. The standard InChI is InChI=1S/C12H16N4O/c1-14-12(17)9-5-8-7(6-15-11(8)13)4-10(9)16(2)3/h4-6,15H,13H2,1-3H3,(H,14,17). The van der Waals surface area contributed by atoms with Gasteiger partial charge in [-0.05, 0) is 12.1 Å². The fourth-order valence-corrected chi connectivity index (χ4v) is 1.88. The number of nitrogens with one attached hydrogen (secondary N) is 2. The minimum absolute atomic E-state index is 0.115. The highest BCUT2D eigenvalue weighted by Crippen LogP contribution is 2.29. The zero-order valence-corrected chi connectivity index (χ0v) is 10.2. The number of aromatic amines is 1. The number of anilines is 2. The molecule has 0 aliphatic rings. The molecule has 1 aromatic heterocycles. The van der Waals surface area contributed by atoms with Crippen LogP contribution in [0, 0.1) is 0 Å². The fraction of sp³-hybridized carbons (Fsp3) is 0.250. The molecule has 0 bridgehead atoms. The molecule has 1 amide bonds. The van der Waals surface area contributed by atoms with Gasteiger partial charge in [-0.3, -0.25) is 4.79 Å². The van der Waals surface area contributed by atoms with E-state index in [0.717, 1.165) is 16.5 Å². The van der Waals surface area contributed by atoms with Crippen LogP contribution in [0.5, 0.6) is 0 Å². The van der Waals surface area contributed by atoms with Crippen LogP contribution in [0.2, 0.25) is 0 Å². The number of benzene rings is 1. The summed E-state index contributed by atoms with van der Waals surface area (Å²) in [5.41, 5.74) is 7.30. The molecule has 0 fully saturated rings. The van der Waals surface area contributed by atoms with Crippen LogP contribution >= 0.6 is 0 Å².